The number of epoxide rings is 1. The lowest BCUT2D eigenvalue weighted by atomic mass is 10.2. The highest BCUT2D eigenvalue weighted by Crippen LogP contribution is 2.23. The lowest BCUT2D eigenvalue weighted by Gasteiger charge is -2.01. The van der Waals surface area contributed by atoms with Crippen molar-refractivity contribution in [3.05, 3.63) is 66.7 Å². The molecule has 1 N–H and O–H groups in total. The summed E-state index contributed by atoms with van der Waals surface area (Å²) in [6.07, 6.45) is 4.01. The van der Waals surface area contributed by atoms with Crippen molar-refractivity contribution in [3.63, 3.8) is 0 Å². The Balaban J connectivity index is 0.000000239. The van der Waals surface area contributed by atoms with Crippen molar-refractivity contribution in [2.24, 2.45) is 9.98 Å². The number of benzene rings is 2. The van der Waals surface area contributed by atoms with E-state index in [2.05, 4.69) is 16.6 Å². The molecular formula is C21H20N2O6. The molecule has 3 rings (SSSR count). The quantitative estimate of drug-likeness (QED) is 0.345. The molecule has 1 fully saturated rings. The second kappa shape index (κ2) is 13.4. The van der Waals surface area contributed by atoms with Crippen LogP contribution in [0.3, 0.4) is 0 Å². The molecule has 150 valence electrons. The SMILES string of the molecule is C=CC(=O)O.Cc1ccc(N=C=O)cc1N=C=O.c1ccc(OCC2CO2)cc1. The molecule has 1 saturated heterocycles. The Hall–Kier alpha value is -3.83. The van der Waals surface area contributed by atoms with Gasteiger partial charge in [0.05, 0.1) is 18.0 Å². The number of carbonyl (C=O) groups is 1. The monoisotopic (exact) mass is 396 g/mol. The third-order valence-corrected chi connectivity index (χ3v) is 3.29. The summed E-state index contributed by atoms with van der Waals surface area (Å²) in [6.45, 7) is 6.30. The van der Waals surface area contributed by atoms with Gasteiger partial charge in [0.25, 0.3) is 0 Å². The first-order chi connectivity index (χ1) is 14.0. The molecule has 0 bridgehead atoms. The van der Waals surface area contributed by atoms with Crippen LogP contribution in [0, 0.1) is 6.92 Å². The van der Waals surface area contributed by atoms with E-state index in [1.807, 2.05) is 30.3 Å². The maximum atomic E-state index is 10.00. The van der Waals surface area contributed by atoms with Gasteiger partial charge in [0.2, 0.25) is 12.2 Å². The van der Waals surface area contributed by atoms with E-state index in [4.69, 9.17) is 14.6 Å². The molecule has 2 aromatic rings. The predicted octanol–water partition coefficient (Wildman–Crippen LogP) is 3.65. The highest BCUT2D eigenvalue weighted by atomic mass is 16.6. The van der Waals surface area contributed by atoms with Crippen LogP contribution < -0.4 is 4.74 Å². The molecule has 0 amide bonds. The number of carboxylic acid groups (broad SMARTS) is 1. The van der Waals surface area contributed by atoms with E-state index in [-0.39, 0.29) is 0 Å². The molecule has 0 spiro atoms. The van der Waals surface area contributed by atoms with Gasteiger partial charge in [0.15, 0.2) is 0 Å². The second-order valence-electron chi connectivity index (χ2n) is 5.50. The average Bonchev–Trinajstić information content (AvgIpc) is 3.56. The topological polar surface area (TPSA) is 118 Å². The van der Waals surface area contributed by atoms with Gasteiger partial charge in [-0.3, -0.25) is 0 Å². The molecule has 1 aliphatic heterocycles. The lowest BCUT2D eigenvalue weighted by molar-refractivity contribution is -0.131. The molecule has 1 atom stereocenters. The number of ether oxygens (including phenoxy) is 2. The van der Waals surface area contributed by atoms with Gasteiger partial charge in [0.1, 0.15) is 18.5 Å². The van der Waals surface area contributed by atoms with E-state index in [0.29, 0.717) is 24.1 Å². The van der Waals surface area contributed by atoms with Crippen LogP contribution in [0.1, 0.15) is 5.56 Å². The molecule has 8 nitrogen and oxygen atoms in total. The summed E-state index contributed by atoms with van der Waals surface area (Å²) in [4.78, 5) is 36.0. The van der Waals surface area contributed by atoms with Gasteiger partial charge in [-0.15, -0.1) is 0 Å². The van der Waals surface area contributed by atoms with Gasteiger partial charge in [-0.1, -0.05) is 30.8 Å². The van der Waals surface area contributed by atoms with Gasteiger partial charge in [-0.2, -0.15) is 9.98 Å². The maximum absolute atomic E-state index is 10.00. The average molecular weight is 396 g/mol. The third kappa shape index (κ3) is 10.8. The second-order valence-corrected chi connectivity index (χ2v) is 5.50. The molecule has 1 aliphatic rings. The fraction of sp³-hybridized carbons (Fsp3) is 0.190. The van der Waals surface area contributed by atoms with Gasteiger partial charge >= 0.3 is 5.97 Å². The van der Waals surface area contributed by atoms with E-state index in [1.54, 1.807) is 19.1 Å². The van der Waals surface area contributed by atoms with E-state index in [0.717, 1.165) is 24.0 Å². The minimum atomic E-state index is -0.981. The Kier molecular flexibility index (Phi) is 10.7. The number of para-hydroxylation sites is 1. The summed E-state index contributed by atoms with van der Waals surface area (Å²) in [5.74, 6) is -0.0620. The fourth-order valence-corrected chi connectivity index (χ4v) is 1.76. The zero-order chi connectivity index (χ0) is 21.5. The Bertz CT molecular complexity index is 897. The molecule has 0 aromatic heterocycles. The van der Waals surface area contributed by atoms with Gasteiger partial charge in [-0.25, -0.2) is 14.4 Å². The lowest BCUT2D eigenvalue weighted by Crippen LogP contribution is -2.03. The van der Waals surface area contributed by atoms with Crippen LogP contribution in [0.4, 0.5) is 11.4 Å². The Labute approximate surface area is 167 Å². The molecule has 0 saturated carbocycles. The number of aliphatic carboxylic acids is 1. The normalized spacial score (nSPS) is 12.9. The number of nitrogens with zero attached hydrogens (tertiary/aromatic N) is 2. The van der Waals surface area contributed by atoms with Crippen molar-refractivity contribution in [1.29, 1.82) is 0 Å². The van der Waals surface area contributed by atoms with Crippen LogP contribution in [0.15, 0.2) is 71.2 Å². The molecule has 0 radical (unpaired) electrons. The highest BCUT2D eigenvalue weighted by Gasteiger charge is 2.22. The molecule has 1 unspecified atom stereocenters. The molecule has 2 aromatic carbocycles. The van der Waals surface area contributed by atoms with Crippen molar-refractivity contribution in [2.45, 2.75) is 13.0 Å². The summed E-state index contributed by atoms with van der Waals surface area (Å²) >= 11 is 0. The van der Waals surface area contributed by atoms with Crippen LogP contribution in [0.2, 0.25) is 0 Å². The van der Waals surface area contributed by atoms with Crippen molar-refractivity contribution < 1.29 is 29.0 Å². The summed E-state index contributed by atoms with van der Waals surface area (Å²) in [6, 6.07) is 14.7. The van der Waals surface area contributed by atoms with Gasteiger partial charge in [0, 0.05) is 6.08 Å². The summed E-state index contributed by atoms with van der Waals surface area (Å²) < 4.78 is 10.4. The number of aliphatic imine (C=N–C) groups is 2. The van der Waals surface area contributed by atoms with E-state index >= 15 is 0 Å². The van der Waals surface area contributed by atoms with Crippen molar-refractivity contribution in [2.75, 3.05) is 13.2 Å². The van der Waals surface area contributed by atoms with Crippen LogP contribution in [-0.4, -0.2) is 42.6 Å². The van der Waals surface area contributed by atoms with Crippen molar-refractivity contribution >= 4 is 29.5 Å². The fourth-order valence-electron chi connectivity index (χ4n) is 1.76. The van der Waals surface area contributed by atoms with Crippen LogP contribution in [-0.2, 0) is 19.1 Å². The minimum Gasteiger partial charge on any atom is -0.491 e. The summed E-state index contributed by atoms with van der Waals surface area (Å²) in [5.41, 5.74) is 1.72. The predicted molar refractivity (Wildman–Crippen MR) is 106 cm³/mol. The number of aryl methyl sites for hydroxylation is 1. The summed E-state index contributed by atoms with van der Waals surface area (Å²) in [7, 11) is 0. The number of hydrogen-bond acceptors (Lipinski definition) is 7. The standard InChI is InChI=1S/C9H6N2O2.C9H10O2.C3H4O2/c1-7-2-3-8(10-5-12)4-9(7)11-6-13;1-2-4-8(5-3-1)10-6-9-7-11-9;1-2-3(4)5/h2-4H,1H3;1-5,9H,6-7H2;2H,1H2,(H,4,5). The first-order valence-electron chi connectivity index (χ1n) is 8.41. The summed E-state index contributed by atoms with van der Waals surface area (Å²) in [5, 5.41) is 7.60. The number of hydrogen-bond donors (Lipinski definition) is 1. The molecular weight excluding hydrogens is 376 g/mol. The number of isocyanates is 2. The Morgan fingerprint density at radius 3 is 2.38 bits per heavy atom. The van der Waals surface area contributed by atoms with E-state index in [9.17, 15) is 14.4 Å². The van der Waals surface area contributed by atoms with Crippen LogP contribution in [0.5, 0.6) is 5.75 Å². The maximum Gasteiger partial charge on any atom is 0.327 e. The molecule has 8 heteroatoms. The number of carbonyl (C=O) groups excluding carboxylic acids is 2. The van der Waals surface area contributed by atoms with Crippen LogP contribution in [0.25, 0.3) is 0 Å². The zero-order valence-electron chi connectivity index (χ0n) is 15.8. The smallest absolute Gasteiger partial charge is 0.327 e. The first-order valence-corrected chi connectivity index (χ1v) is 8.41. The highest BCUT2D eigenvalue weighted by molar-refractivity contribution is 5.78. The Morgan fingerprint density at radius 2 is 1.86 bits per heavy atom. The Morgan fingerprint density at radius 1 is 1.24 bits per heavy atom. The van der Waals surface area contributed by atoms with E-state index in [1.165, 1.54) is 18.2 Å². The van der Waals surface area contributed by atoms with Gasteiger partial charge in [-0.05, 0) is 36.8 Å². The molecule has 0 aliphatic carbocycles. The zero-order valence-corrected chi connectivity index (χ0v) is 15.8. The minimum absolute atomic E-state index is 0.343. The van der Waals surface area contributed by atoms with E-state index < -0.39 is 5.97 Å². The van der Waals surface area contributed by atoms with Crippen LogP contribution >= 0.6 is 0 Å². The van der Waals surface area contributed by atoms with Gasteiger partial charge < -0.3 is 14.6 Å². The van der Waals surface area contributed by atoms with Crippen molar-refractivity contribution in [1.82, 2.24) is 0 Å². The van der Waals surface area contributed by atoms with Crippen molar-refractivity contribution in [3.8, 4) is 5.75 Å². The molecule has 29 heavy (non-hydrogen) atoms. The third-order valence-electron chi connectivity index (χ3n) is 3.29. The number of carboxylic acids is 1. The largest absolute Gasteiger partial charge is 0.491 e. The number of rotatable bonds is 6. The first kappa shape index (κ1) is 23.2. The molecule has 1 heterocycles.